The number of carboxylic acid groups (broad SMARTS) is 1. The number of carboxylic acids is 1. The number of hydrogen-bond acceptors (Lipinski definition) is 7. The van der Waals surface area contributed by atoms with E-state index in [9.17, 15) is 34.5 Å². The van der Waals surface area contributed by atoms with Crippen LogP contribution in [0.5, 0.6) is 0 Å². The standard InChI is InChI=1S/C51H80N2O8/c1-7-9-10-11-12-13-14-15-16-17-18-19-20-21-22-23-24-28-46(56)52-33-26-25-27-44(49(58)59)53-47(57)37-42(55)36-41(54)31-32-43-39(4)29-30-40-34-38(3)35-45(48(40)43)61-50(60)51(5,6)8-2/h9-10,12-13,15-16,18-19,21-22,29-30,34,38-39,41-45,48,54-55H,7-8,11,14,17,20,23-28,31-33,35-37H2,1-6H3,(H,52,56)(H,53,57)(H,58,59)/t38-,39-,41-,42+,43-,44?,45?,48?/m0/s1. The second-order valence-electron chi connectivity index (χ2n) is 17.7. The molecule has 10 heteroatoms. The summed E-state index contributed by atoms with van der Waals surface area (Å²) in [5.74, 6) is -1.36. The molecule has 0 bridgehead atoms. The number of aliphatic hydroxyl groups is 2. The highest BCUT2D eigenvalue weighted by molar-refractivity contribution is 5.83. The van der Waals surface area contributed by atoms with E-state index in [4.69, 9.17) is 4.74 Å². The van der Waals surface area contributed by atoms with Crippen LogP contribution in [0.2, 0.25) is 0 Å². The van der Waals surface area contributed by atoms with Crippen molar-refractivity contribution in [3.8, 4) is 0 Å². The maximum atomic E-state index is 13.1. The van der Waals surface area contributed by atoms with E-state index in [2.05, 4.69) is 110 Å². The first kappa shape index (κ1) is 53.1. The van der Waals surface area contributed by atoms with Gasteiger partial charge in [0, 0.05) is 18.9 Å². The van der Waals surface area contributed by atoms with Crippen LogP contribution < -0.4 is 10.6 Å². The first-order valence-corrected chi connectivity index (χ1v) is 23.2. The van der Waals surface area contributed by atoms with Crippen LogP contribution in [0.25, 0.3) is 0 Å². The van der Waals surface area contributed by atoms with Crippen molar-refractivity contribution in [3.63, 3.8) is 0 Å². The Hall–Kier alpha value is -4.02. The fraction of sp³-hybridized carbons (Fsp3) is 0.647. The lowest BCUT2D eigenvalue weighted by Crippen LogP contribution is -2.43. The van der Waals surface area contributed by atoms with E-state index in [1.54, 1.807) is 0 Å². The zero-order valence-electron chi connectivity index (χ0n) is 38.2. The Bertz CT molecular complexity index is 1540. The van der Waals surface area contributed by atoms with Crippen molar-refractivity contribution >= 4 is 23.8 Å². The lowest BCUT2D eigenvalue weighted by molar-refractivity contribution is -0.164. The van der Waals surface area contributed by atoms with Crippen LogP contribution in [0.1, 0.15) is 151 Å². The number of fused-ring (bicyclic) bond motifs is 1. The average molecular weight is 849 g/mol. The van der Waals surface area contributed by atoms with E-state index in [1.165, 1.54) is 5.57 Å². The van der Waals surface area contributed by atoms with Crippen molar-refractivity contribution in [1.29, 1.82) is 0 Å². The summed E-state index contributed by atoms with van der Waals surface area (Å²) in [6.45, 7) is 12.6. The SMILES string of the molecule is CCC=CCC=CCC=CCC=CCC=CCCCC(=O)NCCCCC(NC(=O)C[C@H](O)C[C@@H](O)CC[C@@H]1C2C(=C[C@H](C)CC2OC(=O)C(C)(C)CC)C=C[C@@H]1C)C(=O)O. The zero-order chi connectivity index (χ0) is 45.0. The van der Waals surface area contributed by atoms with Gasteiger partial charge in [-0.3, -0.25) is 14.4 Å². The molecule has 2 rings (SSSR count). The molecule has 2 aliphatic rings. The van der Waals surface area contributed by atoms with E-state index in [0.717, 1.165) is 51.4 Å². The molecule has 10 nitrogen and oxygen atoms in total. The molecule has 0 aromatic heterocycles. The molecule has 0 saturated carbocycles. The van der Waals surface area contributed by atoms with Crippen molar-refractivity contribution in [2.24, 2.45) is 29.1 Å². The van der Waals surface area contributed by atoms with Gasteiger partial charge in [0.15, 0.2) is 0 Å². The zero-order valence-corrected chi connectivity index (χ0v) is 38.2. The highest BCUT2D eigenvalue weighted by atomic mass is 16.5. The molecular formula is C51H80N2O8. The van der Waals surface area contributed by atoms with Gasteiger partial charge in [-0.05, 0) is 133 Å². The molecule has 3 unspecified atom stereocenters. The van der Waals surface area contributed by atoms with Gasteiger partial charge in [-0.2, -0.15) is 0 Å². The first-order chi connectivity index (χ1) is 29.2. The van der Waals surface area contributed by atoms with E-state index in [0.29, 0.717) is 45.1 Å². The van der Waals surface area contributed by atoms with Crippen LogP contribution in [0.15, 0.2) is 84.6 Å². The fourth-order valence-electron chi connectivity index (χ4n) is 7.83. The van der Waals surface area contributed by atoms with Crippen LogP contribution in [-0.2, 0) is 23.9 Å². The Labute approximate surface area is 367 Å². The van der Waals surface area contributed by atoms with Crippen LogP contribution >= 0.6 is 0 Å². The monoisotopic (exact) mass is 849 g/mol. The van der Waals surface area contributed by atoms with Crippen LogP contribution in [0.3, 0.4) is 0 Å². The Kier molecular flexibility index (Phi) is 26.2. The number of carbonyl (C=O) groups excluding carboxylic acids is 3. The number of nitrogens with one attached hydrogen (secondary N) is 2. The maximum Gasteiger partial charge on any atom is 0.326 e. The Balaban J connectivity index is 1.64. The number of carbonyl (C=O) groups is 4. The minimum atomic E-state index is -1.16. The van der Waals surface area contributed by atoms with Gasteiger partial charge >= 0.3 is 11.9 Å². The Morgan fingerprint density at radius 2 is 1.46 bits per heavy atom. The molecule has 5 N–H and O–H groups in total. The summed E-state index contributed by atoms with van der Waals surface area (Å²) in [6, 6.07) is -1.12. The molecule has 8 atom stereocenters. The molecule has 2 aliphatic carbocycles. The summed E-state index contributed by atoms with van der Waals surface area (Å²) >= 11 is 0. The molecule has 0 aromatic carbocycles. The topological polar surface area (TPSA) is 162 Å². The largest absolute Gasteiger partial charge is 0.480 e. The smallest absolute Gasteiger partial charge is 0.326 e. The summed E-state index contributed by atoms with van der Waals surface area (Å²) in [6.07, 6.45) is 36.1. The normalized spacial score (nSPS) is 22.2. The average Bonchev–Trinajstić information content (AvgIpc) is 3.20. The lowest BCUT2D eigenvalue weighted by atomic mass is 9.65. The van der Waals surface area contributed by atoms with Crippen molar-refractivity contribution in [3.05, 3.63) is 84.6 Å². The summed E-state index contributed by atoms with van der Waals surface area (Å²) in [5.41, 5.74) is 0.596. The van der Waals surface area contributed by atoms with Crippen LogP contribution in [0, 0.1) is 29.1 Å². The molecule has 0 aromatic rings. The molecule has 61 heavy (non-hydrogen) atoms. The second kappa shape index (κ2) is 30.1. The summed E-state index contributed by atoms with van der Waals surface area (Å²) in [4.78, 5) is 50.0. The molecular weight excluding hydrogens is 769 g/mol. The summed E-state index contributed by atoms with van der Waals surface area (Å²) in [5, 5.41) is 36.7. The van der Waals surface area contributed by atoms with Gasteiger partial charge in [-0.1, -0.05) is 107 Å². The number of aliphatic hydroxyl groups excluding tert-OH is 2. The van der Waals surface area contributed by atoms with Crippen molar-refractivity contribution < 1.29 is 39.2 Å². The maximum absolute atomic E-state index is 13.1. The van der Waals surface area contributed by atoms with Gasteiger partial charge in [0.25, 0.3) is 0 Å². The van der Waals surface area contributed by atoms with E-state index >= 15 is 0 Å². The number of hydrogen-bond donors (Lipinski definition) is 5. The number of ether oxygens (including phenoxy) is 1. The predicted molar refractivity (Wildman–Crippen MR) is 246 cm³/mol. The minimum Gasteiger partial charge on any atom is -0.480 e. The summed E-state index contributed by atoms with van der Waals surface area (Å²) in [7, 11) is 0. The third kappa shape index (κ3) is 22.1. The number of unbranched alkanes of at least 4 members (excludes halogenated alkanes) is 2. The molecule has 0 radical (unpaired) electrons. The van der Waals surface area contributed by atoms with E-state index in [1.807, 2.05) is 20.8 Å². The molecule has 0 heterocycles. The molecule has 0 fully saturated rings. The van der Waals surface area contributed by atoms with Crippen molar-refractivity contribution in [2.75, 3.05) is 6.54 Å². The molecule has 0 saturated heterocycles. The lowest BCUT2D eigenvalue weighted by Gasteiger charge is -2.44. The van der Waals surface area contributed by atoms with Gasteiger partial charge in [0.05, 0.1) is 24.0 Å². The van der Waals surface area contributed by atoms with Gasteiger partial charge in [-0.25, -0.2) is 4.79 Å². The number of allylic oxidation sites excluding steroid dienone is 13. The van der Waals surface area contributed by atoms with Crippen molar-refractivity contribution in [1.82, 2.24) is 10.6 Å². The third-order valence-electron chi connectivity index (χ3n) is 11.9. The second-order valence-corrected chi connectivity index (χ2v) is 17.7. The molecule has 0 spiro atoms. The van der Waals surface area contributed by atoms with E-state index < -0.39 is 35.5 Å². The van der Waals surface area contributed by atoms with Crippen LogP contribution in [-0.4, -0.2) is 70.0 Å². The van der Waals surface area contributed by atoms with Gasteiger partial charge in [0.2, 0.25) is 11.8 Å². The Morgan fingerprint density at radius 3 is 2.07 bits per heavy atom. The van der Waals surface area contributed by atoms with Gasteiger partial charge < -0.3 is 30.7 Å². The quantitative estimate of drug-likeness (QED) is 0.0271. The molecule has 342 valence electrons. The first-order valence-electron chi connectivity index (χ1n) is 23.2. The van der Waals surface area contributed by atoms with Crippen LogP contribution in [0.4, 0.5) is 0 Å². The predicted octanol–water partition coefficient (Wildman–Crippen LogP) is 9.80. The number of rotatable bonds is 30. The summed E-state index contributed by atoms with van der Waals surface area (Å²) < 4.78 is 6.20. The molecule has 2 amide bonds. The van der Waals surface area contributed by atoms with Crippen molar-refractivity contribution in [2.45, 2.75) is 175 Å². The number of esters is 1. The number of amides is 2. The van der Waals surface area contributed by atoms with E-state index in [-0.39, 0.29) is 60.9 Å². The van der Waals surface area contributed by atoms with Gasteiger partial charge in [-0.15, -0.1) is 0 Å². The fourth-order valence-corrected chi connectivity index (χ4v) is 7.83. The highest BCUT2D eigenvalue weighted by Gasteiger charge is 2.43. The van der Waals surface area contributed by atoms with Gasteiger partial charge in [0.1, 0.15) is 12.1 Å². The molecule has 0 aliphatic heterocycles. The number of aliphatic carboxylic acids is 1. The Morgan fingerprint density at radius 1 is 0.836 bits per heavy atom. The minimum absolute atomic E-state index is 0.0163. The highest BCUT2D eigenvalue weighted by Crippen LogP contribution is 2.45. The third-order valence-corrected chi connectivity index (χ3v) is 11.9.